The first-order valence-electron chi connectivity index (χ1n) is 4.44. The van der Waals surface area contributed by atoms with Gasteiger partial charge in [0.2, 0.25) is 0 Å². The fourth-order valence-electron chi connectivity index (χ4n) is 0.655. The SMILES string of the molecule is CC/C(C)=C\NC(C)OCCN. The Morgan fingerprint density at radius 3 is 2.83 bits per heavy atom. The maximum Gasteiger partial charge on any atom is 0.124 e. The summed E-state index contributed by atoms with van der Waals surface area (Å²) in [6.07, 6.45) is 3.10. The normalized spacial score (nSPS) is 14.5. The molecule has 0 saturated heterocycles. The Balaban J connectivity index is 3.48. The molecular formula is C9H20N2O. The van der Waals surface area contributed by atoms with Crippen molar-refractivity contribution >= 4 is 0 Å². The van der Waals surface area contributed by atoms with E-state index >= 15 is 0 Å². The van der Waals surface area contributed by atoms with Crippen LogP contribution in [-0.2, 0) is 4.74 Å². The second kappa shape index (κ2) is 7.13. The summed E-state index contributed by atoms with van der Waals surface area (Å²) in [5.74, 6) is 0. The smallest absolute Gasteiger partial charge is 0.124 e. The van der Waals surface area contributed by atoms with Crippen molar-refractivity contribution in [1.82, 2.24) is 5.32 Å². The number of nitrogens with two attached hydrogens (primary N) is 1. The molecule has 12 heavy (non-hydrogen) atoms. The van der Waals surface area contributed by atoms with Crippen molar-refractivity contribution in [3.05, 3.63) is 11.8 Å². The van der Waals surface area contributed by atoms with Crippen molar-refractivity contribution in [3.8, 4) is 0 Å². The van der Waals surface area contributed by atoms with E-state index in [0.717, 1.165) is 6.42 Å². The number of ether oxygens (including phenoxy) is 1. The standard InChI is InChI=1S/C9H20N2O/c1-4-8(2)7-11-9(3)12-6-5-10/h7,9,11H,4-6,10H2,1-3H3/b8-7-. The third-order valence-electron chi connectivity index (χ3n) is 1.61. The quantitative estimate of drug-likeness (QED) is 0.592. The molecule has 72 valence electrons. The Morgan fingerprint density at radius 1 is 1.67 bits per heavy atom. The van der Waals surface area contributed by atoms with E-state index in [4.69, 9.17) is 10.5 Å². The maximum absolute atomic E-state index is 5.31. The minimum Gasteiger partial charge on any atom is -0.367 e. The summed E-state index contributed by atoms with van der Waals surface area (Å²) in [6.45, 7) is 7.35. The molecule has 0 heterocycles. The molecule has 0 radical (unpaired) electrons. The molecule has 0 fully saturated rings. The molecule has 3 heteroatoms. The molecule has 0 rings (SSSR count). The molecule has 0 saturated carbocycles. The largest absolute Gasteiger partial charge is 0.367 e. The van der Waals surface area contributed by atoms with Crippen molar-refractivity contribution < 1.29 is 4.74 Å². The lowest BCUT2D eigenvalue weighted by Gasteiger charge is -2.12. The number of rotatable bonds is 6. The number of allylic oxidation sites excluding steroid dienone is 1. The molecule has 1 unspecified atom stereocenters. The lowest BCUT2D eigenvalue weighted by molar-refractivity contribution is 0.0577. The van der Waals surface area contributed by atoms with E-state index in [1.165, 1.54) is 5.57 Å². The highest BCUT2D eigenvalue weighted by atomic mass is 16.5. The minimum absolute atomic E-state index is 0.0510. The second-order valence-corrected chi connectivity index (χ2v) is 2.81. The summed E-state index contributed by atoms with van der Waals surface area (Å²) in [7, 11) is 0. The molecule has 0 aliphatic rings. The Bertz CT molecular complexity index is 134. The third-order valence-corrected chi connectivity index (χ3v) is 1.61. The van der Waals surface area contributed by atoms with E-state index < -0.39 is 0 Å². The predicted octanol–water partition coefficient (Wildman–Crippen LogP) is 1.21. The van der Waals surface area contributed by atoms with Gasteiger partial charge in [0.1, 0.15) is 6.23 Å². The predicted molar refractivity (Wildman–Crippen MR) is 51.7 cm³/mol. The first-order valence-corrected chi connectivity index (χ1v) is 4.44. The molecule has 3 nitrogen and oxygen atoms in total. The molecule has 0 aromatic carbocycles. The summed E-state index contributed by atoms with van der Waals surface area (Å²) in [4.78, 5) is 0. The Morgan fingerprint density at radius 2 is 2.33 bits per heavy atom. The highest BCUT2D eigenvalue weighted by Gasteiger charge is 1.95. The van der Waals surface area contributed by atoms with E-state index in [2.05, 4.69) is 19.2 Å². The second-order valence-electron chi connectivity index (χ2n) is 2.81. The molecule has 0 aliphatic heterocycles. The number of hydrogen-bond acceptors (Lipinski definition) is 3. The minimum atomic E-state index is 0.0510. The summed E-state index contributed by atoms with van der Waals surface area (Å²) in [5, 5.41) is 3.13. The molecule has 1 atom stereocenters. The summed E-state index contributed by atoms with van der Waals surface area (Å²) >= 11 is 0. The number of nitrogens with one attached hydrogen (secondary N) is 1. The van der Waals surface area contributed by atoms with Gasteiger partial charge >= 0.3 is 0 Å². The van der Waals surface area contributed by atoms with Gasteiger partial charge in [-0.15, -0.1) is 0 Å². The van der Waals surface area contributed by atoms with Gasteiger partial charge in [-0.25, -0.2) is 0 Å². The van der Waals surface area contributed by atoms with Gasteiger partial charge in [-0.3, -0.25) is 0 Å². The Labute approximate surface area is 75.0 Å². The van der Waals surface area contributed by atoms with Gasteiger partial charge in [-0.1, -0.05) is 12.5 Å². The summed E-state index contributed by atoms with van der Waals surface area (Å²) in [5.41, 5.74) is 6.61. The Kier molecular flexibility index (Phi) is 6.81. The molecule has 0 aliphatic carbocycles. The van der Waals surface area contributed by atoms with E-state index in [0.29, 0.717) is 13.2 Å². The molecule has 0 amide bonds. The summed E-state index contributed by atoms with van der Waals surface area (Å²) < 4.78 is 5.31. The van der Waals surface area contributed by atoms with Crippen LogP contribution in [0.4, 0.5) is 0 Å². The van der Waals surface area contributed by atoms with E-state index in [1.807, 2.05) is 13.1 Å². The first kappa shape index (κ1) is 11.5. The lowest BCUT2D eigenvalue weighted by atomic mass is 10.2. The van der Waals surface area contributed by atoms with Crippen molar-refractivity contribution in [2.45, 2.75) is 33.4 Å². The first-order chi connectivity index (χ1) is 5.70. The van der Waals surface area contributed by atoms with Crippen LogP contribution in [-0.4, -0.2) is 19.4 Å². The van der Waals surface area contributed by atoms with Crippen LogP contribution in [0.15, 0.2) is 11.8 Å². The van der Waals surface area contributed by atoms with Crippen LogP contribution in [0, 0.1) is 0 Å². The molecule has 0 aromatic heterocycles. The van der Waals surface area contributed by atoms with Crippen molar-refractivity contribution in [1.29, 1.82) is 0 Å². The van der Waals surface area contributed by atoms with Crippen molar-refractivity contribution in [2.24, 2.45) is 5.73 Å². The maximum atomic E-state index is 5.31. The van der Waals surface area contributed by atoms with Gasteiger partial charge in [0.25, 0.3) is 0 Å². The molecule has 0 bridgehead atoms. The van der Waals surface area contributed by atoms with Crippen LogP contribution in [0.3, 0.4) is 0 Å². The topological polar surface area (TPSA) is 47.3 Å². The average molecular weight is 172 g/mol. The fourth-order valence-corrected chi connectivity index (χ4v) is 0.655. The van der Waals surface area contributed by atoms with Gasteiger partial charge in [0.05, 0.1) is 6.61 Å². The lowest BCUT2D eigenvalue weighted by Crippen LogP contribution is -2.26. The van der Waals surface area contributed by atoms with Crippen molar-refractivity contribution in [2.75, 3.05) is 13.2 Å². The van der Waals surface area contributed by atoms with Crippen LogP contribution in [0.1, 0.15) is 27.2 Å². The monoisotopic (exact) mass is 172 g/mol. The van der Waals surface area contributed by atoms with Gasteiger partial charge in [-0.2, -0.15) is 0 Å². The van der Waals surface area contributed by atoms with Crippen LogP contribution in [0.25, 0.3) is 0 Å². The van der Waals surface area contributed by atoms with Crippen molar-refractivity contribution in [3.63, 3.8) is 0 Å². The number of hydrogen-bond donors (Lipinski definition) is 2. The van der Waals surface area contributed by atoms with Crippen LogP contribution >= 0.6 is 0 Å². The average Bonchev–Trinajstić information content (AvgIpc) is 2.10. The Hall–Kier alpha value is -0.540. The van der Waals surface area contributed by atoms with Gasteiger partial charge in [0.15, 0.2) is 0 Å². The van der Waals surface area contributed by atoms with Crippen LogP contribution in [0.5, 0.6) is 0 Å². The third kappa shape index (κ3) is 6.19. The van der Waals surface area contributed by atoms with Gasteiger partial charge < -0.3 is 15.8 Å². The van der Waals surface area contributed by atoms with Crippen LogP contribution in [0.2, 0.25) is 0 Å². The van der Waals surface area contributed by atoms with E-state index in [-0.39, 0.29) is 6.23 Å². The molecule has 0 aromatic rings. The van der Waals surface area contributed by atoms with E-state index in [1.54, 1.807) is 0 Å². The zero-order chi connectivity index (χ0) is 9.40. The van der Waals surface area contributed by atoms with Crippen LogP contribution < -0.4 is 11.1 Å². The zero-order valence-corrected chi connectivity index (χ0v) is 8.26. The summed E-state index contributed by atoms with van der Waals surface area (Å²) in [6, 6.07) is 0. The highest BCUT2D eigenvalue weighted by Crippen LogP contribution is 1.95. The van der Waals surface area contributed by atoms with Gasteiger partial charge in [-0.05, 0) is 26.5 Å². The fraction of sp³-hybridized carbons (Fsp3) is 0.778. The van der Waals surface area contributed by atoms with E-state index in [9.17, 15) is 0 Å². The highest BCUT2D eigenvalue weighted by molar-refractivity contribution is 4.94. The zero-order valence-electron chi connectivity index (χ0n) is 8.26. The van der Waals surface area contributed by atoms with Gasteiger partial charge in [0, 0.05) is 6.54 Å². The molecule has 0 spiro atoms. The molecule has 3 N–H and O–H groups in total. The molecular weight excluding hydrogens is 152 g/mol.